The lowest BCUT2D eigenvalue weighted by molar-refractivity contribution is -0.0902. The Labute approximate surface area is 129 Å². The maximum atomic E-state index is 5.99. The summed E-state index contributed by atoms with van der Waals surface area (Å²) in [6, 6.07) is 9.27. The highest BCUT2D eigenvalue weighted by atomic mass is 79.9. The smallest absolute Gasteiger partial charge is 0.0951 e. The van der Waals surface area contributed by atoms with Crippen molar-refractivity contribution in [3.63, 3.8) is 0 Å². The van der Waals surface area contributed by atoms with E-state index in [1.807, 2.05) is 0 Å². The molecule has 0 saturated carbocycles. The first-order valence-electron chi connectivity index (χ1n) is 7.41. The fourth-order valence-corrected chi connectivity index (χ4v) is 3.93. The Morgan fingerprint density at radius 1 is 1.35 bits per heavy atom. The van der Waals surface area contributed by atoms with Crippen molar-refractivity contribution in [1.82, 2.24) is 5.32 Å². The largest absolute Gasteiger partial charge is 0.378 e. The van der Waals surface area contributed by atoms with Crippen molar-refractivity contribution in [3.05, 3.63) is 34.3 Å². The molecule has 2 saturated heterocycles. The summed E-state index contributed by atoms with van der Waals surface area (Å²) in [7, 11) is 0. The van der Waals surface area contributed by atoms with Gasteiger partial charge in [-0.05, 0) is 31.4 Å². The molecule has 3 atom stereocenters. The molecule has 1 N–H and O–H groups in total. The molecule has 0 radical (unpaired) electrons. The minimum atomic E-state index is -0.0242. The third-order valence-corrected chi connectivity index (χ3v) is 5.14. The van der Waals surface area contributed by atoms with E-state index in [-0.39, 0.29) is 5.60 Å². The minimum absolute atomic E-state index is 0.0242. The lowest BCUT2D eigenvalue weighted by atomic mass is 9.89. The normalized spacial score (nSPS) is 31.6. The number of nitrogens with one attached hydrogen (secondary N) is 1. The Morgan fingerprint density at radius 3 is 2.95 bits per heavy atom. The zero-order chi connectivity index (χ0) is 14.0. The Morgan fingerprint density at radius 2 is 2.20 bits per heavy atom. The van der Waals surface area contributed by atoms with E-state index in [1.165, 1.54) is 10.0 Å². The number of hydrogen-bond donors (Lipinski definition) is 1. The van der Waals surface area contributed by atoms with Gasteiger partial charge in [-0.25, -0.2) is 0 Å². The maximum absolute atomic E-state index is 5.99. The van der Waals surface area contributed by atoms with Crippen LogP contribution in [0.5, 0.6) is 0 Å². The van der Waals surface area contributed by atoms with Gasteiger partial charge in [-0.1, -0.05) is 34.1 Å². The predicted molar refractivity (Wildman–Crippen MR) is 82.8 cm³/mol. The van der Waals surface area contributed by atoms with Gasteiger partial charge in [0.2, 0.25) is 0 Å². The van der Waals surface area contributed by atoms with E-state index in [9.17, 15) is 0 Å². The second kappa shape index (κ2) is 6.14. The van der Waals surface area contributed by atoms with E-state index in [0.29, 0.717) is 12.1 Å². The number of rotatable bonds is 3. The zero-order valence-corrected chi connectivity index (χ0v) is 13.5. The molecule has 0 aromatic heterocycles. The minimum Gasteiger partial charge on any atom is -0.378 e. The molecular formula is C16H22BrNO2. The second-order valence-electron chi connectivity index (χ2n) is 5.93. The van der Waals surface area contributed by atoms with Gasteiger partial charge in [-0.15, -0.1) is 0 Å². The van der Waals surface area contributed by atoms with E-state index in [4.69, 9.17) is 9.47 Å². The van der Waals surface area contributed by atoms with Gasteiger partial charge in [0.1, 0.15) is 0 Å². The molecule has 2 heterocycles. The standard InChI is InChI=1S/C16H22BrNO2/c1-12(14-4-2-3-5-15(14)17)18-13-6-8-20-16(10-13)7-9-19-11-16/h2-5,12-13,18H,6-11H2,1H3/t12-,13?,16?/m1/s1. The molecule has 3 rings (SSSR count). The molecule has 1 spiro atoms. The number of ether oxygens (including phenoxy) is 2. The number of benzene rings is 1. The second-order valence-corrected chi connectivity index (χ2v) is 6.79. The molecule has 2 unspecified atom stereocenters. The van der Waals surface area contributed by atoms with Crippen LogP contribution in [-0.2, 0) is 9.47 Å². The number of halogens is 1. The van der Waals surface area contributed by atoms with Crippen molar-refractivity contribution in [2.75, 3.05) is 19.8 Å². The first-order chi connectivity index (χ1) is 9.69. The van der Waals surface area contributed by atoms with Gasteiger partial charge in [0, 0.05) is 36.2 Å². The maximum Gasteiger partial charge on any atom is 0.0951 e. The summed E-state index contributed by atoms with van der Waals surface area (Å²) < 4.78 is 12.7. The molecule has 0 aliphatic carbocycles. The van der Waals surface area contributed by atoms with Gasteiger partial charge >= 0.3 is 0 Å². The third kappa shape index (κ3) is 3.08. The lowest BCUT2D eigenvalue weighted by Gasteiger charge is -2.38. The van der Waals surface area contributed by atoms with E-state index < -0.39 is 0 Å². The molecule has 2 aliphatic rings. The third-order valence-electron chi connectivity index (χ3n) is 4.42. The predicted octanol–water partition coefficient (Wildman–Crippen LogP) is 3.44. The average Bonchev–Trinajstić information content (AvgIpc) is 2.87. The van der Waals surface area contributed by atoms with Crippen LogP contribution in [0.15, 0.2) is 28.7 Å². The fourth-order valence-electron chi connectivity index (χ4n) is 3.30. The van der Waals surface area contributed by atoms with Crippen LogP contribution >= 0.6 is 15.9 Å². The molecule has 2 aliphatic heterocycles. The van der Waals surface area contributed by atoms with Gasteiger partial charge in [0.15, 0.2) is 0 Å². The van der Waals surface area contributed by atoms with Crippen molar-refractivity contribution in [3.8, 4) is 0 Å². The van der Waals surface area contributed by atoms with Crippen LogP contribution in [0.2, 0.25) is 0 Å². The van der Waals surface area contributed by atoms with Gasteiger partial charge in [-0.2, -0.15) is 0 Å². The summed E-state index contributed by atoms with van der Waals surface area (Å²) in [5.41, 5.74) is 1.29. The first kappa shape index (κ1) is 14.5. The molecule has 1 aromatic rings. The van der Waals surface area contributed by atoms with Crippen LogP contribution in [0.4, 0.5) is 0 Å². The molecule has 3 nitrogen and oxygen atoms in total. The molecule has 4 heteroatoms. The first-order valence-corrected chi connectivity index (χ1v) is 8.20. The SMILES string of the molecule is C[C@@H](NC1CCOC2(CCOC2)C1)c1ccccc1Br. The quantitative estimate of drug-likeness (QED) is 0.914. The summed E-state index contributed by atoms with van der Waals surface area (Å²) in [6.45, 7) is 4.66. The highest BCUT2D eigenvalue weighted by molar-refractivity contribution is 9.10. The Kier molecular flexibility index (Phi) is 4.46. The Bertz CT molecular complexity index is 460. The van der Waals surface area contributed by atoms with Crippen LogP contribution in [0, 0.1) is 0 Å². The fraction of sp³-hybridized carbons (Fsp3) is 0.625. The lowest BCUT2D eigenvalue weighted by Crippen LogP contribution is -2.48. The van der Waals surface area contributed by atoms with E-state index in [2.05, 4.69) is 52.4 Å². The van der Waals surface area contributed by atoms with E-state index >= 15 is 0 Å². The molecule has 0 bridgehead atoms. The van der Waals surface area contributed by atoms with E-state index in [0.717, 1.165) is 39.1 Å². The highest BCUT2D eigenvalue weighted by Crippen LogP contribution is 2.34. The van der Waals surface area contributed by atoms with Gasteiger partial charge in [0.05, 0.1) is 12.2 Å². The number of hydrogen-bond acceptors (Lipinski definition) is 3. The summed E-state index contributed by atoms with van der Waals surface area (Å²) in [5, 5.41) is 3.76. The van der Waals surface area contributed by atoms with Crippen molar-refractivity contribution in [2.45, 2.75) is 43.9 Å². The van der Waals surface area contributed by atoms with Crippen molar-refractivity contribution < 1.29 is 9.47 Å². The summed E-state index contributed by atoms with van der Waals surface area (Å²) in [4.78, 5) is 0. The monoisotopic (exact) mass is 339 g/mol. The molecule has 2 fully saturated rings. The summed E-state index contributed by atoms with van der Waals surface area (Å²) in [6.07, 6.45) is 3.17. The summed E-state index contributed by atoms with van der Waals surface area (Å²) >= 11 is 3.64. The van der Waals surface area contributed by atoms with E-state index in [1.54, 1.807) is 0 Å². The Hall–Kier alpha value is -0.420. The summed E-state index contributed by atoms with van der Waals surface area (Å²) in [5.74, 6) is 0. The molecule has 110 valence electrons. The van der Waals surface area contributed by atoms with Gasteiger partial charge < -0.3 is 14.8 Å². The van der Waals surface area contributed by atoms with Crippen molar-refractivity contribution in [2.24, 2.45) is 0 Å². The Balaban J connectivity index is 1.64. The van der Waals surface area contributed by atoms with Crippen molar-refractivity contribution in [1.29, 1.82) is 0 Å². The van der Waals surface area contributed by atoms with Crippen LogP contribution in [0.1, 0.15) is 37.8 Å². The van der Waals surface area contributed by atoms with Crippen molar-refractivity contribution >= 4 is 15.9 Å². The van der Waals surface area contributed by atoms with Crippen LogP contribution < -0.4 is 5.32 Å². The van der Waals surface area contributed by atoms with Crippen LogP contribution in [0.3, 0.4) is 0 Å². The highest BCUT2D eigenvalue weighted by Gasteiger charge is 2.41. The van der Waals surface area contributed by atoms with Crippen LogP contribution in [0.25, 0.3) is 0 Å². The van der Waals surface area contributed by atoms with Crippen LogP contribution in [-0.4, -0.2) is 31.5 Å². The molecule has 0 amide bonds. The average molecular weight is 340 g/mol. The van der Waals surface area contributed by atoms with Gasteiger partial charge in [0.25, 0.3) is 0 Å². The zero-order valence-electron chi connectivity index (χ0n) is 11.9. The molecule has 20 heavy (non-hydrogen) atoms. The van der Waals surface area contributed by atoms with Gasteiger partial charge in [-0.3, -0.25) is 0 Å². The topological polar surface area (TPSA) is 30.5 Å². The molecule has 1 aromatic carbocycles. The molecular weight excluding hydrogens is 318 g/mol.